The number of rotatable bonds is 13. The van der Waals surface area contributed by atoms with Gasteiger partial charge in [-0.1, -0.05) is 75.4 Å². The molecule has 1 N–H and O–H groups in total. The standard InChI is InChI=1S/C40H51N3O9/c1-8-49-33(44)22-28-16-18-30(19-17-28)42-20-21-43(25-42)34(27(4)31-15-11-13-29-12-9-10-14-32(29)31)35(45)50-36(26(2)3)51-37(46)40(23-48-24-40)41-38(47)52-39(5,6)7/h9-19,26-27,34,36H,8,20-25H2,1-7H3,(H,41,47)/t27-,34-,36?/m1/s1. The van der Waals surface area contributed by atoms with E-state index >= 15 is 0 Å². The van der Waals surface area contributed by atoms with Gasteiger partial charge in [0, 0.05) is 30.6 Å². The molecular formula is C40H51N3O9. The predicted molar refractivity (Wildman–Crippen MR) is 196 cm³/mol. The Hall–Kier alpha value is -4.68. The van der Waals surface area contributed by atoms with E-state index in [4.69, 9.17) is 23.7 Å². The highest BCUT2D eigenvalue weighted by Gasteiger charge is 2.51. The van der Waals surface area contributed by atoms with E-state index in [1.54, 1.807) is 41.5 Å². The molecule has 3 atom stereocenters. The normalized spacial score (nSPS) is 17.5. The van der Waals surface area contributed by atoms with E-state index < -0.39 is 47.4 Å². The molecule has 0 aromatic heterocycles. The van der Waals surface area contributed by atoms with E-state index in [2.05, 4.69) is 15.1 Å². The summed E-state index contributed by atoms with van der Waals surface area (Å²) in [6.45, 7) is 14.4. The lowest BCUT2D eigenvalue weighted by atomic mass is 9.88. The van der Waals surface area contributed by atoms with Crippen LogP contribution in [0.3, 0.4) is 0 Å². The van der Waals surface area contributed by atoms with Gasteiger partial charge in [0.2, 0.25) is 6.29 Å². The van der Waals surface area contributed by atoms with Crippen molar-refractivity contribution in [3.8, 4) is 0 Å². The van der Waals surface area contributed by atoms with Crippen LogP contribution in [0, 0.1) is 5.92 Å². The maximum absolute atomic E-state index is 14.5. The zero-order chi connectivity index (χ0) is 37.6. The topological polar surface area (TPSA) is 133 Å². The van der Waals surface area contributed by atoms with Crippen molar-refractivity contribution in [1.82, 2.24) is 10.2 Å². The van der Waals surface area contributed by atoms with E-state index in [1.165, 1.54) is 0 Å². The Morgan fingerprint density at radius 3 is 2.23 bits per heavy atom. The monoisotopic (exact) mass is 717 g/mol. The Morgan fingerprint density at radius 2 is 1.60 bits per heavy atom. The van der Waals surface area contributed by atoms with E-state index in [9.17, 15) is 19.2 Å². The Balaban J connectivity index is 1.37. The molecule has 2 fully saturated rings. The highest BCUT2D eigenvalue weighted by atomic mass is 16.7. The van der Waals surface area contributed by atoms with Crippen LogP contribution in [0.1, 0.15) is 65.5 Å². The van der Waals surface area contributed by atoms with Crippen molar-refractivity contribution in [2.75, 3.05) is 44.5 Å². The van der Waals surface area contributed by atoms with Crippen molar-refractivity contribution in [3.63, 3.8) is 0 Å². The Labute approximate surface area is 305 Å². The smallest absolute Gasteiger partial charge is 0.408 e. The van der Waals surface area contributed by atoms with Gasteiger partial charge >= 0.3 is 24.0 Å². The molecule has 2 aliphatic rings. The summed E-state index contributed by atoms with van der Waals surface area (Å²) in [5.41, 5.74) is 0.574. The minimum absolute atomic E-state index is 0.0992. The first kappa shape index (κ1) is 38.5. The summed E-state index contributed by atoms with van der Waals surface area (Å²) in [4.78, 5) is 56.9. The summed E-state index contributed by atoms with van der Waals surface area (Å²) in [6, 6.07) is 21.2. The molecule has 3 aromatic rings. The molecule has 1 amide bonds. The summed E-state index contributed by atoms with van der Waals surface area (Å²) in [6.07, 6.45) is -1.81. The SMILES string of the molecule is CCOC(=O)Cc1ccc(N2CCN([C@@H](C(=O)OC(OC(=O)C3(NC(=O)OC(C)(C)C)COC3)C(C)C)[C@H](C)c3cccc4ccccc34)C2)cc1. The molecule has 0 spiro atoms. The lowest BCUT2D eigenvalue weighted by Crippen LogP contribution is -2.68. The van der Waals surface area contributed by atoms with Crippen molar-refractivity contribution in [2.24, 2.45) is 5.92 Å². The third-order valence-corrected chi connectivity index (χ3v) is 9.21. The first-order valence-electron chi connectivity index (χ1n) is 17.9. The second-order valence-corrected chi connectivity index (χ2v) is 14.8. The third-order valence-electron chi connectivity index (χ3n) is 9.21. The second kappa shape index (κ2) is 16.3. The zero-order valence-corrected chi connectivity index (χ0v) is 31.2. The molecule has 0 radical (unpaired) electrons. The number of nitrogens with zero attached hydrogens (tertiary/aromatic N) is 2. The van der Waals surface area contributed by atoms with Crippen LogP contribution in [0.15, 0.2) is 66.7 Å². The van der Waals surface area contributed by atoms with Crippen LogP contribution < -0.4 is 10.2 Å². The van der Waals surface area contributed by atoms with E-state index in [1.807, 2.05) is 73.7 Å². The molecule has 0 bridgehead atoms. The fourth-order valence-electron chi connectivity index (χ4n) is 6.48. The minimum Gasteiger partial charge on any atom is -0.466 e. The highest BCUT2D eigenvalue weighted by Crippen LogP contribution is 2.33. The van der Waals surface area contributed by atoms with Crippen LogP contribution in [0.2, 0.25) is 0 Å². The maximum Gasteiger partial charge on any atom is 0.408 e. The quantitative estimate of drug-likeness (QED) is 0.135. The van der Waals surface area contributed by atoms with Crippen molar-refractivity contribution in [2.45, 2.75) is 84.3 Å². The first-order chi connectivity index (χ1) is 24.7. The number of fused-ring (bicyclic) bond motifs is 1. The number of nitrogens with one attached hydrogen (secondary N) is 1. The van der Waals surface area contributed by atoms with Crippen LogP contribution in [0.5, 0.6) is 0 Å². The molecule has 2 aliphatic heterocycles. The van der Waals surface area contributed by atoms with Gasteiger partial charge in [-0.3, -0.25) is 14.5 Å². The molecule has 0 aliphatic carbocycles. The van der Waals surface area contributed by atoms with E-state index in [0.717, 1.165) is 27.6 Å². The van der Waals surface area contributed by atoms with Crippen LogP contribution in [-0.4, -0.2) is 92.0 Å². The molecule has 2 heterocycles. The van der Waals surface area contributed by atoms with Crippen LogP contribution in [0.4, 0.5) is 10.5 Å². The van der Waals surface area contributed by atoms with E-state index in [0.29, 0.717) is 26.4 Å². The molecule has 3 aromatic carbocycles. The van der Waals surface area contributed by atoms with Gasteiger partial charge < -0.3 is 33.9 Å². The number of hydrogen-bond acceptors (Lipinski definition) is 11. The average molecular weight is 718 g/mol. The Bertz CT molecular complexity index is 1730. The van der Waals surface area contributed by atoms with Crippen molar-refractivity contribution >= 4 is 40.5 Å². The molecule has 52 heavy (non-hydrogen) atoms. The molecule has 2 saturated heterocycles. The minimum atomic E-state index is -1.46. The Morgan fingerprint density at radius 1 is 0.904 bits per heavy atom. The van der Waals surface area contributed by atoms with Crippen molar-refractivity contribution in [3.05, 3.63) is 77.9 Å². The fourth-order valence-corrected chi connectivity index (χ4v) is 6.48. The zero-order valence-electron chi connectivity index (χ0n) is 31.2. The first-order valence-corrected chi connectivity index (χ1v) is 17.9. The molecule has 280 valence electrons. The van der Waals surface area contributed by atoms with Crippen molar-refractivity contribution < 1.29 is 42.9 Å². The van der Waals surface area contributed by atoms with Crippen molar-refractivity contribution in [1.29, 1.82) is 0 Å². The summed E-state index contributed by atoms with van der Waals surface area (Å²) >= 11 is 0. The number of benzene rings is 3. The summed E-state index contributed by atoms with van der Waals surface area (Å²) in [5, 5.41) is 4.71. The van der Waals surface area contributed by atoms with E-state index in [-0.39, 0.29) is 31.5 Å². The molecule has 5 rings (SSSR count). The number of alkyl carbamates (subject to hydrolysis) is 1. The highest BCUT2D eigenvalue weighted by molar-refractivity contribution is 5.89. The van der Waals surface area contributed by atoms with Gasteiger partial charge in [-0.15, -0.1) is 0 Å². The second-order valence-electron chi connectivity index (χ2n) is 14.8. The lowest BCUT2D eigenvalue weighted by Gasteiger charge is -2.40. The van der Waals surface area contributed by atoms with Gasteiger partial charge in [0.05, 0.1) is 32.9 Å². The van der Waals surface area contributed by atoms with Gasteiger partial charge in [-0.05, 0) is 61.7 Å². The average Bonchev–Trinajstić information content (AvgIpc) is 3.55. The molecule has 0 saturated carbocycles. The largest absolute Gasteiger partial charge is 0.466 e. The molecule has 12 heteroatoms. The summed E-state index contributed by atoms with van der Waals surface area (Å²) in [5.74, 6) is -2.28. The molecule has 1 unspecified atom stereocenters. The molecular weight excluding hydrogens is 666 g/mol. The van der Waals surface area contributed by atoms with Crippen LogP contribution >= 0.6 is 0 Å². The number of amides is 1. The van der Waals surface area contributed by atoms with Crippen LogP contribution in [0.25, 0.3) is 10.8 Å². The maximum atomic E-state index is 14.5. The van der Waals surface area contributed by atoms with Crippen LogP contribution in [-0.2, 0) is 44.5 Å². The number of carbonyl (C=O) groups is 4. The summed E-state index contributed by atoms with van der Waals surface area (Å²) < 4.78 is 27.7. The number of anilines is 1. The van der Waals surface area contributed by atoms with Gasteiger partial charge in [0.1, 0.15) is 11.6 Å². The Kier molecular flexibility index (Phi) is 12.1. The lowest BCUT2D eigenvalue weighted by molar-refractivity contribution is -0.213. The van der Waals surface area contributed by atoms with Gasteiger partial charge in [0.25, 0.3) is 0 Å². The number of ether oxygens (including phenoxy) is 5. The predicted octanol–water partition coefficient (Wildman–Crippen LogP) is 5.56. The third kappa shape index (κ3) is 9.21. The van der Waals surface area contributed by atoms with Gasteiger partial charge in [0.15, 0.2) is 5.54 Å². The fraction of sp³-hybridized carbons (Fsp3) is 0.500. The van der Waals surface area contributed by atoms with Gasteiger partial charge in [-0.25, -0.2) is 9.59 Å². The van der Waals surface area contributed by atoms with Gasteiger partial charge in [-0.2, -0.15) is 0 Å². The summed E-state index contributed by atoms with van der Waals surface area (Å²) in [7, 11) is 0. The number of carbonyl (C=O) groups excluding carboxylic acids is 4. The number of esters is 3. The molecule has 12 nitrogen and oxygen atoms in total. The number of hydrogen-bond donors (Lipinski definition) is 1.